The van der Waals surface area contributed by atoms with Crippen LogP contribution in [-0.2, 0) is 4.74 Å². The number of imide groups is 1. The van der Waals surface area contributed by atoms with Crippen LogP contribution in [0.1, 0.15) is 48.4 Å². The summed E-state index contributed by atoms with van der Waals surface area (Å²) in [5.74, 6) is -7.31. The first-order chi connectivity index (χ1) is 20.5. The van der Waals surface area contributed by atoms with Crippen molar-refractivity contribution in [3.05, 3.63) is 83.1 Å². The van der Waals surface area contributed by atoms with Crippen molar-refractivity contribution in [2.45, 2.75) is 45.3 Å². The first-order valence-electron chi connectivity index (χ1n) is 13.0. The van der Waals surface area contributed by atoms with Crippen molar-refractivity contribution in [3.63, 3.8) is 0 Å². The monoisotopic (exact) mass is 617 g/mol. The van der Waals surface area contributed by atoms with E-state index >= 15 is 4.39 Å². The van der Waals surface area contributed by atoms with Crippen molar-refractivity contribution < 1.29 is 46.9 Å². The Balaban J connectivity index is 1.60. The van der Waals surface area contributed by atoms with Crippen LogP contribution in [0, 0.1) is 18.6 Å². The van der Waals surface area contributed by atoms with E-state index in [0.717, 1.165) is 28.8 Å². The van der Waals surface area contributed by atoms with Gasteiger partial charge in [0.15, 0.2) is 5.65 Å². The minimum atomic E-state index is -3.88. The van der Waals surface area contributed by atoms with E-state index in [4.69, 9.17) is 4.74 Å². The lowest BCUT2D eigenvalue weighted by atomic mass is 9.98. The van der Waals surface area contributed by atoms with Crippen LogP contribution in [0.15, 0.2) is 54.7 Å². The SMILES string of the molecule is Cc1ccc(-c2ccn3nc(N(C(=O)O)C(=O)OC(C)(C)C)nc3c2)c(F)c1C(=O)NCC(F)(F)C(O)c1ccc(F)cc1. The minimum Gasteiger partial charge on any atom is -0.464 e. The molecule has 1 atom stereocenters. The summed E-state index contributed by atoms with van der Waals surface area (Å²) in [5.41, 5.74) is -1.63. The van der Waals surface area contributed by atoms with E-state index in [1.165, 1.54) is 37.4 Å². The van der Waals surface area contributed by atoms with Gasteiger partial charge in [0.2, 0.25) is 0 Å². The largest absolute Gasteiger partial charge is 0.464 e. The van der Waals surface area contributed by atoms with E-state index in [-0.39, 0.29) is 32.8 Å². The lowest BCUT2D eigenvalue weighted by Crippen LogP contribution is -2.41. The molecule has 15 heteroatoms. The maximum absolute atomic E-state index is 15.7. The fourth-order valence-electron chi connectivity index (χ4n) is 4.13. The van der Waals surface area contributed by atoms with Gasteiger partial charge in [-0.05, 0) is 68.7 Å². The molecular weight excluding hydrogens is 590 g/mol. The Bertz CT molecular complexity index is 1740. The Morgan fingerprint density at radius 1 is 1.07 bits per heavy atom. The predicted molar refractivity (Wildman–Crippen MR) is 148 cm³/mol. The lowest BCUT2D eigenvalue weighted by molar-refractivity contribution is -0.106. The number of aliphatic hydroxyl groups is 1. The van der Waals surface area contributed by atoms with Gasteiger partial charge < -0.3 is 20.3 Å². The van der Waals surface area contributed by atoms with Crippen molar-refractivity contribution in [1.82, 2.24) is 19.9 Å². The van der Waals surface area contributed by atoms with E-state index in [9.17, 15) is 37.8 Å². The molecule has 232 valence electrons. The van der Waals surface area contributed by atoms with Gasteiger partial charge in [-0.2, -0.15) is 4.98 Å². The second kappa shape index (κ2) is 11.9. The summed E-state index contributed by atoms with van der Waals surface area (Å²) in [6, 6.07) is 9.20. The second-order valence-electron chi connectivity index (χ2n) is 10.7. The fraction of sp³-hybridized carbons (Fsp3) is 0.276. The maximum Gasteiger partial charge on any atom is 0.427 e. The number of hydrogen-bond donors (Lipinski definition) is 3. The van der Waals surface area contributed by atoms with Crippen LogP contribution in [0.2, 0.25) is 0 Å². The topological polar surface area (TPSA) is 146 Å². The smallest absolute Gasteiger partial charge is 0.427 e. The summed E-state index contributed by atoms with van der Waals surface area (Å²) in [5, 5.41) is 25.6. The summed E-state index contributed by atoms with van der Waals surface area (Å²) < 4.78 is 64.4. The van der Waals surface area contributed by atoms with Gasteiger partial charge in [0, 0.05) is 11.8 Å². The fourth-order valence-corrected chi connectivity index (χ4v) is 4.13. The van der Waals surface area contributed by atoms with Crippen LogP contribution in [0.25, 0.3) is 16.8 Å². The van der Waals surface area contributed by atoms with Gasteiger partial charge in [0.25, 0.3) is 17.8 Å². The van der Waals surface area contributed by atoms with E-state index in [1.807, 2.05) is 5.32 Å². The maximum atomic E-state index is 15.7. The van der Waals surface area contributed by atoms with Gasteiger partial charge in [0.05, 0.1) is 12.1 Å². The molecule has 2 aromatic heterocycles. The molecule has 0 bridgehead atoms. The van der Waals surface area contributed by atoms with Gasteiger partial charge in [0.1, 0.15) is 23.3 Å². The molecule has 0 aliphatic carbocycles. The van der Waals surface area contributed by atoms with Crippen LogP contribution >= 0.6 is 0 Å². The van der Waals surface area contributed by atoms with Crippen molar-refractivity contribution in [3.8, 4) is 11.1 Å². The molecular formula is C29H27F4N5O6. The number of carbonyl (C=O) groups excluding carboxylic acids is 2. The Hall–Kier alpha value is -5.05. The van der Waals surface area contributed by atoms with Gasteiger partial charge in [-0.3, -0.25) is 4.79 Å². The Kier molecular flexibility index (Phi) is 8.63. The molecule has 4 aromatic rings. The summed E-state index contributed by atoms with van der Waals surface area (Å²) in [6.07, 6.45) is -4.00. The number of alkyl halides is 2. The first-order valence-corrected chi connectivity index (χ1v) is 13.0. The summed E-state index contributed by atoms with van der Waals surface area (Å²) in [6.45, 7) is 4.68. The van der Waals surface area contributed by atoms with Crippen molar-refractivity contribution in [1.29, 1.82) is 0 Å². The number of amides is 3. The van der Waals surface area contributed by atoms with Crippen LogP contribution in [-0.4, -0.2) is 61.0 Å². The molecule has 0 radical (unpaired) electrons. The molecule has 0 saturated carbocycles. The number of aromatic nitrogens is 3. The van der Waals surface area contributed by atoms with E-state index in [0.29, 0.717) is 0 Å². The first kappa shape index (κ1) is 31.9. The third kappa shape index (κ3) is 6.78. The minimum absolute atomic E-state index is 0.00714. The molecule has 0 fully saturated rings. The quantitative estimate of drug-likeness (QED) is 0.231. The zero-order valence-corrected chi connectivity index (χ0v) is 23.8. The second-order valence-corrected chi connectivity index (χ2v) is 10.7. The Morgan fingerprint density at radius 3 is 2.34 bits per heavy atom. The third-order valence-electron chi connectivity index (χ3n) is 6.25. The molecule has 0 aliphatic rings. The molecule has 0 aliphatic heterocycles. The van der Waals surface area contributed by atoms with Crippen LogP contribution < -0.4 is 10.2 Å². The Labute approximate surface area is 247 Å². The van der Waals surface area contributed by atoms with E-state index < -0.39 is 65.4 Å². The van der Waals surface area contributed by atoms with Crippen LogP contribution in [0.5, 0.6) is 0 Å². The van der Waals surface area contributed by atoms with Gasteiger partial charge in [-0.15, -0.1) is 10.00 Å². The van der Waals surface area contributed by atoms with E-state index in [1.54, 1.807) is 20.8 Å². The average Bonchev–Trinajstić information content (AvgIpc) is 3.33. The number of aryl methyl sites for hydroxylation is 1. The number of ether oxygens (including phenoxy) is 1. The standard InChI is InChI=1S/C29H27F4N5O6/c1-15-5-10-19(22(31)21(15)24(40)34-14-29(32,33)23(39)16-6-8-18(30)9-7-16)17-11-12-37-20(13-17)35-25(36-37)38(26(41)42)27(43)44-28(2,3)4/h5-13,23,39H,14H2,1-4H3,(H,34,40)(H,41,42). The number of carbonyl (C=O) groups is 3. The number of fused-ring (bicyclic) bond motifs is 1. The lowest BCUT2D eigenvalue weighted by Gasteiger charge is -2.23. The highest BCUT2D eigenvalue weighted by atomic mass is 19.3. The van der Waals surface area contributed by atoms with E-state index in [2.05, 4.69) is 10.1 Å². The third-order valence-corrected chi connectivity index (χ3v) is 6.25. The number of benzene rings is 2. The highest BCUT2D eigenvalue weighted by Crippen LogP contribution is 2.32. The molecule has 0 spiro atoms. The Morgan fingerprint density at radius 2 is 1.73 bits per heavy atom. The number of anilines is 1. The number of nitrogens with zero attached hydrogens (tertiary/aromatic N) is 4. The van der Waals surface area contributed by atoms with Crippen molar-refractivity contribution >= 4 is 29.7 Å². The summed E-state index contributed by atoms with van der Waals surface area (Å²) >= 11 is 0. The summed E-state index contributed by atoms with van der Waals surface area (Å²) in [4.78, 5) is 41.4. The molecule has 3 amide bonds. The van der Waals surface area contributed by atoms with Gasteiger partial charge in [-0.1, -0.05) is 24.3 Å². The molecule has 4 rings (SSSR count). The molecule has 1 unspecified atom stereocenters. The molecule has 11 nitrogen and oxygen atoms in total. The van der Waals surface area contributed by atoms with Crippen LogP contribution in [0.3, 0.4) is 0 Å². The number of rotatable bonds is 7. The molecule has 0 saturated heterocycles. The zero-order chi connectivity index (χ0) is 32.6. The summed E-state index contributed by atoms with van der Waals surface area (Å²) in [7, 11) is 0. The van der Waals surface area contributed by atoms with Crippen molar-refractivity contribution in [2.75, 3.05) is 11.4 Å². The number of nitrogens with one attached hydrogen (secondary N) is 1. The normalized spacial score (nSPS) is 12.6. The van der Waals surface area contributed by atoms with Crippen molar-refractivity contribution in [2.24, 2.45) is 0 Å². The number of hydrogen-bond acceptors (Lipinski definition) is 7. The highest BCUT2D eigenvalue weighted by Gasteiger charge is 2.40. The predicted octanol–water partition coefficient (Wildman–Crippen LogP) is 5.50. The van der Waals surface area contributed by atoms with Gasteiger partial charge in [-0.25, -0.2) is 31.7 Å². The number of pyridine rings is 1. The number of halogens is 4. The molecule has 2 aromatic carbocycles. The molecule has 2 heterocycles. The highest BCUT2D eigenvalue weighted by molar-refractivity contribution is 6.07. The number of aliphatic hydroxyl groups excluding tert-OH is 1. The molecule has 3 N–H and O–H groups in total. The molecule has 44 heavy (non-hydrogen) atoms. The van der Waals surface area contributed by atoms with Gasteiger partial charge >= 0.3 is 12.2 Å². The average molecular weight is 618 g/mol. The zero-order valence-electron chi connectivity index (χ0n) is 23.8. The van der Waals surface area contributed by atoms with Crippen LogP contribution in [0.4, 0.5) is 33.1 Å². The number of carboxylic acid groups (broad SMARTS) is 1.